The summed E-state index contributed by atoms with van der Waals surface area (Å²) in [6.45, 7) is 7.22. The number of morpholine rings is 1. The average molecular weight is 674 g/mol. The molecule has 4 aromatic heterocycles. The maximum absolute atomic E-state index is 6.51. The molecule has 15 heteroatoms. The standard InChI is InChI=1S/C33H40ClN11O3/c1-24(20-44-23-35-22-38-44)48-31-19-25(3-8-28(31)34)29-9-11-36-33(39-29)40-30-21-45(41-32(30)47-18-15-43-12-2-10-37-43)27-6-4-26(5-7-27)42-13-16-46-17-14-42/h2-3,8-12,19,21-24,26-27H,4-7,13-18,20H2,1H3,(H,36,39,40)/t24-,26?,27?/m0/s1. The quantitative estimate of drug-likeness (QED) is 0.183. The number of rotatable bonds is 13. The highest BCUT2D eigenvalue weighted by molar-refractivity contribution is 6.32. The molecular weight excluding hydrogens is 634 g/mol. The minimum Gasteiger partial charge on any atom is -0.487 e. The van der Waals surface area contributed by atoms with Crippen molar-refractivity contribution < 1.29 is 14.2 Å². The first-order chi connectivity index (χ1) is 23.6. The van der Waals surface area contributed by atoms with Crippen molar-refractivity contribution in [1.29, 1.82) is 0 Å². The predicted octanol–water partition coefficient (Wildman–Crippen LogP) is 4.89. The van der Waals surface area contributed by atoms with Crippen LogP contribution in [0.25, 0.3) is 11.3 Å². The molecule has 5 heterocycles. The number of anilines is 2. The lowest BCUT2D eigenvalue weighted by Gasteiger charge is -2.38. The largest absolute Gasteiger partial charge is 0.487 e. The fourth-order valence-corrected chi connectivity index (χ4v) is 6.51. The van der Waals surface area contributed by atoms with E-state index < -0.39 is 0 Å². The van der Waals surface area contributed by atoms with Crippen LogP contribution in [0.4, 0.5) is 11.6 Å². The van der Waals surface area contributed by atoms with E-state index in [0.717, 1.165) is 57.6 Å². The Bertz CT molecular complexity index is 1730. The molecule has 0 radical (unpaired) electrons. The Morgan fingerprint density at radius 3 is 2.69 bits per heavy atom. The Kier molecular flexibility index (Phi) is 10.1. The highest BCUT2D eigenvalue weighted by Crippen LogP contribution is 2.35. The topological polar surface area (TPSA) is 135 Å². The van der Waals surface area contributed by atoms with Gasteiger partial charge in [0.05, 0.1) is 49.3 Å². The molecule has 1 aliphatic carbocycles. The zero-order chi connectivity index (χ0) is 32.7. The van der Waals surface area contributed by atoms with Crippen LogP contribution < -0.4 is 14.8 Å². The molecule has 2 fully saturated rings. The number of benzene rings is 1. The second-order valence-corrected chi connectivity index (χ2v) is 12.5. The van der Waals surface area contributed by atoms with Crippen molar-refractivity contribution in [3.05, 3.63) is 72.8 Å². The fraction of sp³-hybridized carbons (Fsp3) is 0.455. The summed E-state index contributed by atoms with van der Waals surface area (Å²) >= 11 is 6.51. The Balaban J connectivity index is 1.06. The van der Waals surface area contributed by atoms with Crippen molar-refractivity contribution in [2.24, 2.45) is 0 Å². The van der Waals surface area contributed by atoms with E-state index in [2.05, 4.69) is 30.4 Å². The van der Waals surface area contributed by atoms with E-state index in [1.54, 1.807) is 23.4 Å². The van der Waals surface area contributed by atoms with Gasteiger partial charge in [0.1, 0.15) is 36.8 Å². The minimum atomic E-state index is -0.181. The number of ether oxygens (including phenoxy) is 3. The van der Waals surface area contributed by atoms with Gasteiger partial charge < -0.3 is 19.5 Å². The Morgan fingerprint density at radius 2 is 1.90 bits per heavy atom. The zero-order valence-corrected chi connectivity index (χ0v) is 27.7. The Hall–Kier alpha value is -4.53. The lowest BCUT2D eigenvalue weighted by molar-refractivity contribution is 0.00503. The summed E-state index contributed by atoms with van der Waals surface area (Å²) < 4.78 is 23.6. The second-order valence-electron chi connectivity index (χ2n) is 12.1. The number of nitrogens with zero attached hydrogens (tertiary/aromatic N) is 10. The van der Waals surface area contributed by atoms with E-state index in [1.807, 2.05) is 59.0 Å². The second kappa shape index (κ2) is 15.1. The summed E-state index contributed by atoms with van der Waals surface area (Å²) in [6.07, 6.45) is 14.8. The number of nitrogens with one attached hydrogen (secondary N) is 1. The van der Waals surface area contributed by atoms with E-state index in [1.165, 1.54) is 6.33 Å². The van der Waals surface area contributed by atoms with Crippen molar-refractivity contribution >= 4 is 23.2 Å². The summed E-state index contributed by atoms with van der Waals surface area (Å²) in [7, 11) is 0. The summed E-state index contributed by atoms with van der Waals surface area (Å²) in [5.41, 5.74) is 2.27. The average Bonchev–Trinajstić information content (AvgIpc) is 3.91. The molecule has 7 rings (SSSR count). The van der Waals surface area contributed by atoms with Gasteiger partial charge in [-0.15, -0.1) is 5.10 Å². The summed E-state index contributed by atoms with van der Waals surface area (Å²) in [5, 5.41) is 17.2. The van der Waals surface area contributed by atoms with Crippen LogP contribution in [0.3, 0.4) is 0 Å². The van der Waals surface area contributed by atoms with Crippen LogP contribution in [0.1, 0.15) is 38.6 Å². The predicted molar refractivity (Wildman–Crippen MR) is 180 cm³/mol. The maximum Gasteiger partial charge on any atom is 0.257 e. The molecule has 1 N–H and O–H groups in total. The first-order valence-corrected chi connectivity index (χ1v) is 16.9. The van der Waals surface area contributed by atoms with Crippen LogP contribution in [0.15, 0.2) is 67.8 Å². The molecule has 5 aromatic rings. The molecule has 0 bridgehead atoms. The van der Waals surface area contributed by atoms with Gasteiger partial charge in [-0.25, -0.2) is 19.6 Å². The van der Waals surface area contributed by atoms with Gasteiger partial charge in [0.15, 0.2) is 0 Å². The van der Waals surface area contributed by atoms with Gasteiger partial charge in [-0.1, -0.05) is 17.7 Å². The number of aromatic nitrogens is 9. The summed E-state index contributed by atoms with van der Waals surface area (Å²) in [5.74, 6) is 1.50. The Labute approximate surface area is 284 Å². The van der Waals surface area contributed by atoms with E-state index in [4.69, 9.17) is 35.9 Å². The fourth-order valence-electron chi connectivity index (χ4n) is 6.35. The maximum atomic E-state index is 6.51. The molecule has 0 unspecified atom stereocenters. The molecule has 1 aromatic carbocycles. The van der Waals surface area contributed by atoms with E-state index in [-0.39, 0.29) is 12.1 Å². The van der Waals surface area contributed by atoms with Crippen LogP contribution in [0.2, 0.25) is 5.02 Å². The van der Waals surface area contributed by atoms with Crippen LogP contribution in [0, 0.1) is 0 Å². The van der Waals surface area contributed by atoms with Gasteiger partial charge in [0.2, 0.25) is 5.95 Å². The van der Waals surface area contributed by atoms with Crippen LogP contribution in [-0.2, 0) is 17.8 Å². The molecule has 48 heavy (non-hydrogen) atoms. The zero-order valence-electron chi connectivity index (χ0n) is 26.9. The first-order valence-electron chi connectivity index (χ1n) is 16.5. The third-order valence-corrected chi connectivity index (χ3v) is 9.10. The lowest BCUT2D eigenvalue weighted by Crippen LogP contribution is -2.45. The van der Waals surface area contributed by atoms with Crippen LogP contribution in [0.5, 0.6) is 11.6 Å². The molecule has 1 saturated heterocycles. The molecule has 1 aliphatic heterocycles. The van der Waals surface area contributed by atoms with Gasteiger partial charge in [0, 0.05) is 43.3 Å². The Morgan fingerprint density at radius 1 is 1.04 bits per heavy atom. The van der Waals surface area contributed by atoms with E-state index in [0.29, 0.717) is 59.7 Å². The smallest absolute Gasteiger partial charge is 0.257 e. The third kappa shape index (κ3) is 7.94. The number of hydrogen-bond acceptors (Lipinski definition) is 11. The molecule has 14 nitrogen and oxygen atoms in total. The molecule has 2 aliphatic rings. The van der Waals surface area contributed by atoms with E-state index >= 15 is 0 Å². The normalized spacial score (nSPS) is 19.2. The number of hydrogen-bond donors (Lipinski definition) is 1. The van der Waals surface area contributed by atoms with Crippen molar-refractivity contribution in [3.63, 3.8) is 0 Å². The molecule has 0 spiro atoms. The van der Waals surface area contributed by atoms with Gasteiger partial charge in [-0.3, -0.25) is 14.3 Å². The van der Waals surface area contributed by atoms with Crippen LogP contribution in [-0.4, -0.2) is 94.2 Å². The van der Waals surface area contributed by atoms with Crippen molar-refractivity contribution in [2.45, 2.75) is 63.9 Å². The molecule has 0 amide bonds. The van der Waals surface area contributed by atoms with Gasteiger partial charge in [-0.05, 0) is 56.9 Å². The van der Waals surface area contributed by atoms with Crippen molar-refractivity contribution in [1.82, 2.24) is 49.2 Å². The molecule has 1 saturated carbocycles. The van der Waals surface area contributed by atoms with Crippen molar-refractivity contribution in [2.75, 3.05) is 38.2 Å². The SMILES string of the molecule is C[C@@H](Cn1cncn1)Oc1cc(-c2ccnc(Nc3cn(C4CCC(N5CCOCC5)CC4)nc3OCCn3cccn3)n2)ccc1Cl. The minimum absolute atomic E-state index is 0.181. The third-order valence-electron chi connectivity index (χ3n) is 8.79. The molecule has 252 valence electrons. The summed E-state index contributed by atoms with van der Waals surface area (Å²) in [4.78, 5) is 15.9. The van der Waals surface area contributed by atoms with Gasteiger partial charge >= 0.3 is 0 Å². The highest BCUT2D eigenvalue weighted by Gasteiger charge is 2.29. The first kappa shape index (κ1) is 32.0. The van der Waals surface area contributed by atoms with Gasteiger partial charge in [0.25, 0.3) is 5.88 Å². The van der Waals surface area contributed by atoms with Crippen molar-refractivity contribution in [3.8, 4) is 22.9 Å². The lowest BCUT2D eigenvalue weighted by atomic mass is 9.90. The monoisotopic (exact) mass is 673 g/mol. The summed E-state index contributed by atoms with van der Waals surface area (Å²) in [6, 6.07) is 10.3. The van der Waals surface area contributed by atoms with Gasteiger partial charge in [-0.2, -0.15) is 10.2 Å². The number of halogens is 1. The highest BCUT2D eigenvalue weighted by atomic mass is 35.5. The molecule has 1 atom stereocenters. The van der Waals surface area contributed by atoms with Crippen LogP contribution >= 0.6 is 11.6 Å². The van der Waals surface area contributed by atoms with E-state index in [9.17, 15) is 0 Å². The molecular formula is C33H40ClN11O3.